The number of carboxylic acids is 1. The Bertz CT molecular complexity index is 1430. The van der Waals surface area contributed by atoms with Gasteiger partial charge in [0.1, 0.15) is 0 Å². The number of carbonyl (C=O) groups is 2. The van der Waals surface area contributed by atoms with Crippen LogP contribution in [0.4, 0.5) is 14.9 Å². The van der Waals surface area contributed by atoms with Gasteiger partial charge in [0.05, 0.1) is 39.5 Å². The fraction of sp³-hybridized carbons (Fsp3) is 0.360. The van der Waals surface area contributed by atoms with E-state index in [-0.39, 0.29) is 0 Å². The summed E-state index contributed by atoms with van der Waals surface area (Å²) >= 11 is 1.40. The molecule has 5 rings (SSSR count). The van der Waals surface area contributed by atoms with Gasteiger partial charge in [-0.05, 0) is 45.0 Å². The molecule has 1 saturated heterocycles. The number of halogens is 1. The van der Waals surface area contributed by atoms with Crippen LogP contribution in [-0.2, 0) is 4.79 Å². The van der Waals surface area contributed by atoms with Crippen molar-refractivity contribution in [3.63, 3.8) is 0 Å². The number of anilines is 1. The normalized spacial score (nSPS) is 24.9. The average Bonchev–Trinajstić information content (AvgIpc) is 3.38. The minimum atomic E-state index is -1.50. The van der Waals surface area contributed by atoms with Crippen molar-refractivity contribution in [1.82, 2.24) is 30.9 Å². The highest BCUT2D eigenvalue weighted by molar-refractivity contribution is 7.17. The molecule has 38 heavy (non-hydrogen) atoms. The number of hydrogen-bond acceptors (Lipinski definition) is 9. The van der Waals surface area contributed by atoms with E-state index in [9.17, 15) is 19.1 Å². The number of piperidine rings is 1. The Kier molecular flexibility index (Phi) is 6.80. The standard InChI is InChI=1S/C25H27FN8O3S/c1-3-28-23(37)33-25(19-13-27-7-5-24(19,2)22(35)36)32-6-4-8-34(25)16-9-17(20-18(10-16)31-14-38-20)21-29-11-15(26)12-30-21/h4,6,8-12,14,19,27H,3,5,7,13H2,1-2H3,(H,35,36)(H2,28,33,37). The zero-order chi connectivity index (χ0) is 26.9. The second-order valence-electron chi connectivity index (χ2n) is 9.35. The first-order valence-corrected chi connectivity index (χ1v) is 13.0. The van der Waals surface area contributed by atoms with Crippen LogP contribution in [0.15, 0.2) is 47.3 Å². The van der Waals surface area contributed by atoms with Crippen LogP contribution in [0.2, 0.25) is 0 Å². The third-order valence-electron chi connectivity index (χ3n) is 7.06. The molecule has 1 fully saturated rings. The van der Waals surface area contributed by atoms with E-state index in [1.165, 1.54) is 11.3 Å². The quantitative estimate of drug-likeness (QED) is 0.375. The summed E-state index contributed by atoms with van der Waals surface area (Å²) in [6, 6.07) is 3.17. The van der Waals surface area contributed by atoms with Crippen molar-refractivity contribution in [2.24, 2.45) is 16.3 Å². The third-order valence-corrected chi connectivity index (χ3v) is 7.94. The molecule has 2 aliphatic heterocycles. The number of allylic oxidation sites excluding steroid dienone is 1. The van der Waals surface area contributed by atoms with E-state index in [0.29, 0.717) is 48.6 Å². The molecule has 0 bridgehead atoms. The molecular formula is C25H27FN8O3S. The number of aliphatic carboxylic acids is 1. The second-order valence-corrected chi connectivity index (χ2v) is 10.2. The van der Waals surface area contributed by atoms with Crippen molar-refractivity contribution in [1.29, 1.82) is 0 Å². The lowest BCUT2D eigenvalue weighted by Gasteiger charge is -2.52. The number of aliphatic imine (C=N–C) groups is 1. The minimum absolute atomic E-state index is 0.295. The Hall–Kier alpha value is -3.97. The Morgan fingerprint density at radius 1 is 1.29 bits per heavy atom. The molecule has 2 amide bonds. The van der Waals surface area contributed by atoms with Crippen molar-refractivity contribution < 1.29 is 19.1 Å². The van der Waals surface area contributed by atoms with E-state index in [1.807, 2.05) is 12.1 Å². The molecule has 0 saturated carbocycles. The van der Waals surface area contributed by atoms with Crippen LogP contribution in [0.1, 0.15) is 20.3 Å². The van der Waals surface area contributed by atoms with Crippen LogP contribution in [0, 0.1) is 17.2 Å². The molecule has 2 aromatic heterocycles. The highest BCUT2D eigenvalue weighted by Gasteiger charge is 2.57. The molecule has 3 aromatic rings. The zero-order valence-electron chi connectivity index (χ0n) is 20.8. The Labute approximate surface area is 221 Å². The van der Waals surface area contributed by atoms with Crippen LogP contribution in [0.5, 0.6) is 0 Å². The number of amides is 2. The molecule has 0 radical (unpaired) electrons. The van der Waals surface area contributed by atoms with Crippen molar-refractivity contribution in [3.8, 4) is 11.4 Å². The number of nitrogens with zero attached hydrogens (tertiary/aromatic N) is 5. The van der Waals surface area contributed by atoms with E-state index in [0.717, 1.165) is 17.1 Å². The summed E-state index contributed by atoms with van der Waals surface area (Å²) < 4.78 is 14.4. The van der Waals surface area contributed by atoms with Gasteiger partial charge >= 0.3 is 12.0 Å². The van der Waals surface area contributed by atoms with Crippen LogP contribution in [-0.4, -0.2) is 63.7 Å². The van der Waals surface area contributed by atoms with E-state index in [2.05, 4.69) is 30.9 Å². The Morgan fingerprint density at radius 3 is 2.82 bits per heavy atom. The summed E-state index contributed by atoms with van der Waals surface area (Å²) in [6.07, 6.45) is 7.56. The number of urea groups is 1. The highest BCUT2D eigenvalue weighted by atomic mass is 32.1. The van der Waals surface area contributed by atoms with Crippen molar-refractivity contribution >= 4 is 45.5 Å². The van der Waals surface area contributed by atoms with Crippen molar-refractivity contribution in [2.75, 3.05) is 24.5 Å². The van der Waals surface area contributed by atoms with E-state index < -0.39 is 34.9 Å². The zero-order valence-corrected chi connectivity index (χ0v) is 21.6. The minimum Gasteiger partial charge on any atom is -0.481 e. The predicted octanol–water partition coefficient (Wildman–Crippen LogP) is 2.97. The van der Waals surface area contributed by atoms with Crippen LogP contribution >= 0.6 is 11.3 Å². The maximum absolute atomic E-state index is 13.6. The molecule has 3 atom stereocenters. The summed E-state index contributed by atoms with van der Waals surface area (Å²) in [4.78, 5) is 45.0. The molecule has 11 nitrogen and oxygen atoms in total. The average molecular weight is 539 g/mol. The van der Waals surface area contributed by atoms with Gasteiger partial charge in [0.25, 0.3) is 0 Å². The lowest BCUT2D eigenvalue weighted by molar-refractivity contribution is -0.155. The van der Waals surface area contributed by atoms with Gasteiger partial charge in [-0.15, -0.1) is 11.3 Å². The topological polar surface area (TPSA) is 145 Å². The van der Waals surface area contributed by atoms with Gasteiger partial charge in [0.2, 0.25) is 5.79 Å². The van der Waals surface area contributed by atoms with Gasteiger partial charge in [-0.3, -0.25) is 10.1 Å². The summed E-state index contributed by atoms with van der Waals surface area (Å²) in [5, 5.41) is 19.4. The number of nitrogens with one attached hydrogen (secondary N) is 3. The van der Waals surface area contributed by atoms with Crippen LogP contribution in [0.25, 0.3) is 21.6 Å². The van der Waals surface area contributed by atoms with E-state index >= 15 is 0 Å². The SMILES string of the molecule is CCNC(=O)NC1(C2CNCCC2(C)C(=O)O)N=CC=CN1c1cc(-c2ncc(F)cn2)c2scnc2c1. The molecule has 4 N–H and O–H groups in total. The largest absolute Gasteiger partial charge is 0.481 e. The van der Waals surface area contributed by atoms with Gasteiger partial charge in [0.15, 0.2) is 11.6 Å². The molecule has 13 heteroatoms. The second kappa shape index (κ2) is 10.1. The summed E-state index contributed by atoms with van der Waals surface area (Å²) in [6.45, 7) is 4.67. The Balaban J connectivity index is 1.71. The first-order valence-electron chi connectivity index (χ1n) is 12.1. The molecule has 4 heterocycles. The fourth-order valence-electron chi connectivity index (χ4n) is 5.10. The number of rotatable bonds is 6. The van der Waals surface area contributed by atoms with E-state index in [1.54, 1.807) is 42.7 Å². The lowest BCUT2D eigenvalue weighted by Crippen LogP contribution is -2.71. The molecule has 198 valence electrons. The number of thiazole rings is 1. The number of carboxylic acid groups (broad SMARTS) is 1. The first kappa shape index (κ1) is 25.7. The van der Waals surface area contributed by atoms with Gasteiger partial charge in [-0.2, -0.15) is 0 Å². The first-order chi connectivity index (χ1) is 18.3. The molecular weight excluding hydrogens is 511 g/mol. The van der Waals surface area contributed by atoms with Crippen LogP contribution in [0.3, 0.4) is 0 Å². The molecule has 0 spiro atoms. The van der Waals surface area contributed by atoms with Gasteiger partial charge in [-0.25, -0.2) is 29.1 Å². The molecule has 2 aliphatic rings. The van der Waals surface area contributed by atoms with Crippen molar-refractivity contribution in [2.45, 2.75) is 26.1 Å². The summed E-state index contributed by atoms with van der Waals surface area (Å²) in [5.41, 5.74) is 2.33. The summed E-state index contributed by atoms with van der Waals surface area (Å²) in [7, 11) is 0. The van der Waals surface area contributed by atoms with Gasteiger partial charge < -0.3 is 20.6 Å². The van der Waals surface area contributed by atoms with Gasteiger partial charge in [0, 0.05) is 36.8 Å². The lowest BCUT2D eigenvalue weighted by atomic mass is 9.68. The number of benzene rings is 1. The monoisotopic (exact) mass is 538 g/mol. The smallest absolute Gasteiger partial charge is 0.318 e. The summed E-state index contributed by atoms with van der Waals surface area (Å²) in [5.74, 6) is -3.40. The van der Waals surface area contributed by atoms with Crippen LogP contribution < -0.4 is 20.9 Å². The van der Waals surface area contributed by atoms with Gasteiger partial charge in [-0.1, -0.05) is 0 Å². The number of hydrogen-bond donors (Lipinski definition) is 4. The van der Waals surface area contributed by atoms with Crippen molar-refractivity contribution in [3.05, 3.63) is 48.1 Å². The Morgan fingerprint density at radius 2 is 2.08 bits per heavy atom. The molecule has 0 aliphatic carbocycles. The number of aromatic nitrogens is 3. The number of fused-ring (bicyclic) bond motifs is 1. The third kappa shape index (κ3) is 4.37. The maximum atomic E-state index is 13.6. The fourth-order valence-corrected chi connectivity index (χ4v) is 5.88. The molecule has 3 unspecified atom stereocenters. The number of carbonyl (C=O) groups excluding carboxylic acids is 1. The highest BCUT2D eigenvalue weighted by Crippen LogP contribution is 2.46. The molecule has 1 aromatic carbocycles. The predicted molar refractivity (Wildman–Crippen MR) is 142 cm³/mol. The maximum Gasteiger partial charge on any atom is 0.318 e. The van der Waals surface area contributed by atoms with E-state index in [4.69, 9.17) is 4.99 Å².